The Kier molecular flexibility index (Phi) is 6.85. The molecule has 0 saturated carbocycles. The predicted octanol–water partition coefficient (Wildman–Crippen LogP) is 4.58. The minimum Gasteiger partial charge on any atom is -0.336 e. The quantitative estimate of drug-likeness (QED) is 0.799. The van der Waals surface area contributed by atoms with Crippen molar-refractivity contribution < 1.29 is 9.59 Å². The number of hydrogen-bond donors (Lipinski definition) is 1. The Bertz CT molecular complexity index is 750. The van der Waals surface area contributed by atoms with Gasteiger partial charge < -0.3 is 10.2 Å². The lowest BCUT2D eigenvalue weighted by molar-refractivity contribution is -0.133. The van der Waals surface area contributed by atoms with E-state index in [1.165, 1.54) is 4.90 Å². The molecule has 1 N–H and O–H groups in total. The number of anilines is 1. The van der Waals surface area contributed by atoms with Crippen LogP contribution >= 0.6 is 23.2 Å². The van der Waals surface area contributed by atoms with Gasteiger partial charge in [-0.3, -0.25) is 9.59 Å². The van der Waals surface area contributed by atoms with Gasteiger partial charge in [-0.25, -0.2) is 0 Å². The van der Waals surface area contributed by atoms with Crippen LogP contribution in [0.1, 0.15) is 24.8 Å². The zero-order valence-corrected chi connectivity index (χ0v) is 15.6. The minimum absolute atomic E-state index is 0.0272. The number of benzene rings is 2. The Morgan fingerprint density at radius 1 is 1.08 bits per heavy atom. The highest BCUT2D eigenvalue weighted by Crippen LogP contribution is 2.25. The third-order valence-corrected chi connectivity index (χ3v) is 4.60. The first-order valence-electron chi connectivity index (χ1n) is 7.90. The summed E-state index contributed by atoms with van der Waals surface area (Å²) in [6, 6.07) is 14.7. The van der Waals surface area contributed by atoms with E-state index in [1.807, 2.05) is 37.3 Å². The van der Waals surface area contributed by atoms with Gasteiger partial charge in [0.1, 0.15) is 0 Å². The van der Waals surface area contributed by atoms with Crippen molar-refractivity contribution in [3.8, 4) is 0 Å². The number of likely N-dealkylation sites (N-methyl/N-ethyl adjacent to an activating group) is 1. The van der Waals surface area contributed by atoms with E-state index in [9.17, 15) is 9.59 Å². The number of rotatable bonds is 6. The second-order valence-corrected chi connectivity index (χ2v) is 6.76. The zero-order valence-electron chi connectivity index (χ0n) is 14.1. The van der Waals surface area contributed by atoms with Crippen molar-refractivity contribution in [3.63, 3.8) is 0 Å². The number of amides is 2. The van der Waals surface area contributed by atoms with Crippen LogP contribution in [0.3, 0.4) is 0 Å². The lowest BCUT2D eigenvalue weighted by Crippen LogP contribution is -2.35. The first-order chi connectivity index (χ1) is 11.9. The highest BCUT2D eigenvalue weighted by Gasteiger charge is 2.17. The van der Waals surface area contributed by atoms with Crippen molar-refractivity contribution in [1.82, 2.24) is 4.90 Å². The Labute approximate surface area is 157 Å². The molecule has 0 aliphatic carbocycles. The van der Waals surface area contributed by atoms with E-state index in [1.54, 1.807) is 25.2 Å². The van der Waals surface area contributed by atoms with Crippen LogP contribution in [-0.2, 0) is 9.59 Å². The summed E-state index contributed by atoms with van der Waals surface area (Å²) >= 11 is 11.8. The Balaban J connectivity index is 1.87. The maximum absolute atomic E-state index is 12.3. The van der Waals surface area contributed by atoms with Crippen LogP contribution in [0.25, 0.3) is 0 Å². The summed E-state index contributed by atoms with van der Waals surface area (Å²) in [5.74, 6) is -0.281. The minimum atomic E-state index is -0.290. The van der Waals surface area contributed by atoms with E-state index >= 15 is 0 Å². The first-order valence-corrected chi connectivity index (χ1v) is 8.66. The van der Waals surface area contributed by atoms with Gasteiger partial charge in [0, 0.05) is 19.2 Å². The van der Waals surface area contributed by atoms with Gasteiger partial charge in [-0.05, 0) is 29.7 Å². The highest BCUT2D eigenvalue weighted by atomic mass is 35.5. The van der Waals surface area contributed by atoms with Gasteiger partial charge in [0.05, 0.1) is 16.6 Å². The second-order valence-electron chi connectivity index (χ2n) is 5.94. The molecule has 0 radical (unpaired) electrons. The van der Waals surface area contributed by atoms with Gasteiger partial charge in [0.2, 0.25) is 11.8 Å². The molecule has 0 aliphatic heterocycles. The largest absolute Gasteiger partial charge is 0.336 e. The van der Waals surface area contributed by atoms with Gasteiger partial charge in [0.15, 0.2) is 0 Å². The molecule has 2 aromatic carbocycles. The molecule has 0 unspecified atom stereocenters. The number of carbonyl (C=O) groups is 2. The van der Waals surface area contributed by atoms with E-state index in [4.69, 9.17) is 23.2 Å². The lowest BCUT2D eigenvalue weighted by atomic mass is 9.97. The first kappa shape index (κ1) is 19.3. The van der Waals surface area contributed by atoms with E-state index in [-0.39, 0.29) is 24.3 Å². The van der Waals surface area contributed by atoms with Crippen molar-refractivity contribution in [1.29, 1.82) is 0 Å². The smallest absolute Gasteiger partial charge is 0.243 e. The molecular weight excluding hydrogens is 359 g/mol. The molecule has 0 aromatic heterocycles. The van der Waals surface area contributed by atoms with Gasteiger partial charge in [-0.1, -0.05) is 60.5 Å². The highest BCUT2D eigenvalue weighted by molar-refractivity contribution is 6.42. The fraction of sp³-hybridized carbons (Fsp3) is 0.263. The fourth-order valence-electron chi connectivity index (χ4n) is 2.40. The normalized spacial score (nSPS) is 11.7. The van der Waals surface area contributed by atoms with Gasteiger partial charge in [0.25, 0.3) is 0 Å². The SMILES string of the molecule is C[C@H](CC(=O)N(C)CC(=O)Nc1ccc(Cl)c(Cl)c1)c1ccccc1. The predicted molar refractivity (Wildman–Crippen MR) is 102 cm³/mol. The van der Waals surface area contributed by atoms with Crippen molar-refractivity contribution in [2.75, 3.05) is 18.9 Å². The Morgan fingerprint density at radius 3 is 2.40 bits per heavy atom. The Morgan fingerprint density at radius 2 is 1.76 bits per heavy atom. The van der Waals surface area contributed by atoms with Crippen LogP contribution < -0.4 is 5.32 Å². The summed E-state index contributed by atoms with van der Waals surface area (Å²) in [4.78, 5) is 25.8. The third-order valence-electron chi connectivity index (χ3n) is 3.86. The molecular formula is C19H20Cl2N2O2. The van der Waals surface area contributed by atoms with Gasteiger partial charge in [-0.15, -0.1) is 0 Å². The van der Waals surface area contributed by atoms with E-state index in [0.29, 0.717) is 22.2 Å². The topological polar surface area (TPSA) is 49.4 Å². The average Bonchev–Trinajstić information content (AvgIpc) is 2.58. The molecule has 4 nitrogen and oxygen atoms in total. The van der Waals surface area contributed by atoms with Crippen LogP contribution in [0, 0.1) is 0 Å². The summed E-state index contributed by atoms with van der Waals surface area (Å²) in [6.07, 6.45) is 0.348. The third kappa shape index (κ3) is 5.76. The number of nitrogens with one attached hydrogen (secondary N) is 1. The summed E-state index contributed by atoms with van der Waals surface area (Å²) in [7, 11) is 1.62. The number of halogens is 2. The molecule has 0 heterocycles. The molecule has 0 fully saturated rings. The summed E-state index contributed by atoms with van der Waals surface area (Å²) in [5, 5.41) is 3.48. The second kappa shape index (κ2) is 8.88. The van der Waals surface area contributed by atoms with Gasteiger partial charge in [-0.2, -0.15) is 0 Å². The molecule has 1 atom stereocenters. The molecule has 0 bridgehead atoms. The molecule has 2 rings (SSSR count). The van der Waals surface area contributed by atoms with E-state index in [2.05, 4.69) is 5.32 Å². The number of carbonyl (C=O) groups excluding carboxylic acids is 2. The molecule has 132 valence electrons. The van der Waals surface area contributed by atoms with Crippen LogP contribution in [-0.4, -0.2) is 30.3 Å². The standard InChI is InChI=1S/C19H20Cl2N2O2/c1-13(14-6-4-3-5-7-14)10-19(25)23(2)12-18(24)22-15-8-9-16(20)17(21)11-15/h3-9,11,13H,10,12H2,1-2H3,(H,22,24)/t13-/m1/s1. The van der Waals surface area contributed by atoms with Crippen LogP contribution in [0.2, 0.25) is 10.0 Å². The van der Waals surface area contributed by atoms with Crippen molar-refractivity contribution in [2.45, 2.75) is 19.3 Å². The molecule has 0 aliphatic rings. The molecule has 0 spiro atoms. The number of nitrogens with zero attached hydrogens (tertiary/aromatic N) is 1. The van der Waals surface area contributed by atoms with Crippen LogP contribution in [0.5, 0.6) is 0 Å². The van der Waals surface area contributed by atoms with E-state index in [0.717, 1.165) is 5.56 Å². The summed E-state index contributed by atoms with van der Waals surface area (Å²) < 4.78 is 0. The van der Waals surface area contributed by atoms with Crippen molar-refractivity contribution in [3.05, 3.63) is 64.1 Å². The maximum atomic E-state index is 12.3. The zero-order chi connectivity index (χ0) is 18.4. The van der Waals surface area contributed by atoms with Crippen molar-refractivity contribution >= 4 is 40.7 Å². The summed E-state index contributed by atoms with van der Waals surface area (Å²) in [6.45, 7) is 1.97. The molecule has 0 saturated heterocycles. The number of hydrogen-bond acceptors (Lipinski definition) is 2. The molecule has 6 heteroatoms. The van der Waals surface area contributed by atoms with E-state index < -0.39 is 0 Å². The lowest BCUT2D eigenvalue weighted by Gasteiger charge is -2.19. The van der Waals surface area contributed by atoms with Gasteiger partial charge >= 0.3 is 0 Å². The van der Waals surface area contributed by atoms with Crippen molar-refractivity contribution in [2.24, 2.45) is 0 Å². The summed E-state index contributed by atoms with van der Waals surface area (Å²) in [5.41, 5.74) is 1.64. The molecule has 25 heavy (non-hydrogen) atoms. The Hall–Kier alpha value is -2.04. The molecule has 2 amide bonds. The maximum Gasteiger partial charge on any atom is 0.243 e. The van der Waals surface area contributed by atoms with Crippen LogP contribution in [0.4, 0.5) is 5.69 Å². The monoisotopic (exact) mass is 378 g/mol. The fourth-order valence-corrected chi connectivity index (χ4v) is 2.69. The van der Waals surface area contributed by atoms with Crippen LogP contribution in [0.15, 0.2) is 48.5 Å². The molecule has 2 aromatic rings. The average molecular weight is 379 g/mol.